The van der Waals surface area contributed by atoms with Gasteiger partial charge in [0.2, 0.25) is 0 Å². The first kappa shape index (κ1) is 55.1. The fourth-order valence-corrected chi connectivity index (χ4v) is 7.72. The van der Waals surface area contributed by atoms with Crippen molar-refractivity contribution in [3.63, 3.8) is 0 Å². The molecule has 0 unspecified atom stereocenters. The summed E-state index contributed by atoms with van der Waals surface area (Å²) in [6.07, 6.45) is 38.6. The Hall–Kier alpha value is -2.91. The molecule has 338 valence electrons. The molecule has 0 saturated carbocycles. The Bertz CT molecular complexity index is 1530. The fourth-order valence-electron chi connectivity index (χ4n) is 7.72. The van der Waals surface area contributed by atoms with E-state index in [1.807, 2.05) is 6.92 Å². The van der Waals surface area contributed by atoms with Crippen LogP contribution in [0.3, 0.4) is 0 Å². The third-order valence-electron chi connectivity index (χ3n) is 11.5. The summed E-state index contributed by atoms with van der Waals surface area (Å²) in [6.45, 7) is 11.1. The van der Waals surface area contributed by atoms with E-state index in [0.717, 1.165) is 49.0 Å². The van der Waals surface area contributed by atoms with Gasteiger partial charge in [-0.05, 0) is 98.7 Å². The second kappa shape index (κ2) is 37.8. The number of nitrogens with zero attached hydrogens (tertiary/aromatic N) is 2. The largest absolute Gasteiger partial charge is 2.00 e. The summed E-state index contributed by atoms with van der Waals surface area (Å²) in [4.78, 5) is 10.8. The van der Waals surface area contributed by atoms with Gasteiger partial charge in [-0.3, -0.25) is 9.98 Å². The third kappa shape index (κ3) is 27.1. The molecule has 3 aromatic carbocycles. The van der Waals surface area contributed by atoms with E-state index in [0.29, 0.717) is 0 Å². The van der Waals surface area contributed by atoms with Gasteiger partial charge in [0, 0.05) is 0 Å². The van der Waals surface area contributed by atoms with E-state index in [1.165, 1.54) is 195 Å². The molecular weight excluding hydrogens is 779 g/mol. The summed E-state index contributed by atoms with van der Waals surface area (Å²) in [5.41, 5.74) is 8.45. The summed E-state index contributed by atoms with van der Waals surface area (Å²) >= 11 is 0. The molecule has 0 amide bonds. The standard InChI is InChI=1S/C47H78N2.C8H10O2.Ni/c1-5-9-13-16-18-20-22-24-27-32-42-34-30-36-44(40-42)48-46(38-26-12-8-4)47(39-29-15-11-7-3)49-45-37-31-35-43(41-45)33-28-25-23-21-19-17-14-10-6-2;1-2-6-3-4-7(9)8(10)5-6;/h30-31,34-37,40-41H,5-29,32-33,38-39H2,1-4H3;3-5,9-10H,2H2,1H3;/q;;+2/p-2. The topological polar surface area (TPSA) is 70.8 Å². The minimum absolute atomic E-state index is 0. The van der Waals surface area contributed by atoms with Crippen LogP contribution in [0.15, 0.2) is 76.7 Å². The molecule has 3 rings (SSSR count). The molecule has 0 N–H and O–H groups in total. The first-order chi connectivity index (χ1) is 28.9. The van der Waals surface area contributed by atoms with Crippen LogP contribution in [0.4, 0.5) is 11.4 Å². The fraction of sp³-hybridized carbons (Fsp3) is 0.636. The Labute approximate surface area is 379 Å². The van der Waals surface area contributed by atoms with E-state index in [9.17, 15) is 10.2 Å². The molecule has 0 spiro atoms. The van der Waals surface area contributed by atoms with Crippen molar-refractivity contribution >= 4 is 22.8 Å². The first-order valence-corrected chi connectivity index (χ1v) is 24.7. The van der Waals surface area contributed by atoms with E-state index < -0.39 is 11.5 Å². The Morgan fingerprint density at radius 1 is 0.383 bits per heavy atom. The Balaban J connectivity index is 0.00000142. The summed E-state index contributed by atoms with van der Waals surface area (Å²) in [5, 5.41) is 21.3. The first-order valence-electron chi connectivity index (χ1n) is 24.7. The molecule has 0 heterocycles. The third-order valence-corrected chi connectivity index (χ3v) is 11.5. The summed E-state index contributed by atoms with van der Waals surface area (Å²) in [7, 11) is 0. The van der Waals surface area contributed by atoms with Crippen LogP contribution in [0.5, 0.6) is 11.5 Å². The predicted octanol–water partition coefficient (Wildman–Crippen LogP) is 16.6. The van der Waals surface area contributed by atoms with Gasteiger partial charge < -0.3 is 10.2 Å². The maximum Gasteiger partial charge on any atom is 2.00 e. The molecule has 60 heavy (non-hydrogen) atoms. The van der Waals surface area contributed by atoms with Gasteiger partial charge in [0.15, 0.2) is 0 Å². The summed E-state index contributed by atoms with van der Waals surface area (Å²) < 4.78 is 0. The molecule has 0 fully saturated rings. The maximum atomic E-state index is 10.7. The monoisotopic (exact) mass is 865 g/mol. The van der Waals surface area contributed by atoms with Crippen molar-refractivity contribution < 1.29 is 26.7 Å². The van der Waals surface area contributed by atoms with Crippen LogP contribution < -0.4 is 10.2 Å². The molecule has 0 bridgehead atoms. The number of hydrogen-bond donors (Lipinski definition) is 0. The van der Waals surface area contributed by atoms with Gasteiger partial charge >= 0.3 is 16.5 Å². The molecule has 0 aliphatic heterocycles. The van der Waals surface area contributed by atoms with Crippen LogP contribution in [0.1, 0.15) is 225 Å². The van der Waals surface area contributed by atoms with Crippen molar-refractivity contribution in [2.75, 3.05) is 0 Å². The van der Waals surface area contributed by atoms with Crippen molar-refractivity contribution in [3.05, 3.63) is 83.4 Å². The van der Waals surface area contributed by atoms with Crippen LogP contribution in [0.2, 0.25) is 0 Å². The normalized spacial score (nSPS) is 11.6. The minimum Gasteiger partial charge on any atom is -0.873 e. The van der Waals surface area contributed by atoms with Gasteiger partial charge in [0.05, 0.1) is 22.8 Å². The van der Waals surface area contributed by atoms with Crippen molar-refractivity contribution in [1.29, 1.82) is 0 Å². The molecule has 3 aromatic rings. The molecule has 5 heteroatoms. The maximum absolute atomic E-state index is 10.7. The molecule has 0 aromatic heterocycles. The van der Waals surface area contributed by atoms with Crippen molar-refractivity contribution in [2.24, 2.45) is 9.98 Å². The smallest absolute Gasteiger partial charge is 0.873 e. The van der Waals surface area contributed by atoms with Crippen molar-refractivity contribution in [1.82, 2.24) is 0 Å². The molecule has 0 aliphatic carbocycles. The molecule has 0 radical (unpaired) electrons. The number of aliphatic imine (C=N–C) groups is 2. The van der Waals surface area contributed by atoms with E-state index in [-0.39, 0.29) is 16.5 Å². The minimum atomic E-state index is -0.419. The van der Waals surface area contributed by atoms with Crippen molar-refractivity contribution in [3.8, 4) is 11.5 Å². The molecule has 0 aliphatic rings. The molecule has 0 saturated heterocycles. The number of rotatable bonds is 33. The second-order valence-corrected chi connectivity index (χ2v) is 17.0. The number of unbranched alkanes of at least 4 members (excludes halogenated alkanes) is 21. The van der Waals surface area contributed by atoms with Crippen LogP contribution in [-0.2, 0) is 35.8 Å². The Morgan fingerprint density at radius 3 is 1.15 bits per heavy atom. The van der Waals surface area contributed by atoms with E-state index in [1.54, 1.807) is 6.07 Å². The Morgan fingerprint density at radius 2 is 0.750 bits per heavy atom. The zero-order valence-electron chi connectivity index (χ0n) is 39.1. The van der Waals surface area contributed by atoms with Gasteiger partial charge in [-0.15, -0.1) is 11.5 Å². The van der Waals surface area contributed by atoms with Gasteiger partial charge in [0.1, 0.15) is 0 Å². The van der Waals surface area contributed by atoms with Gasteiger partial charge in [-0.25, -0.2) is 0 Å². The van der Waals surface area contributed by atoms with Gasteiger partial charge in [-0.2, -0.15) is 0 Å². The average molecular weight is 866 g/mol. The van der Waals surface area contributed by atoms with Crippen LogP contribution in [0, 0.1) is 0 Å². The number of aryl methyl sites for hydroxylation is 3. The molecule has 0 atom stereocenters. The molecule has 4 nitrogen and oxygen atoms in total. The average Bonchev–Trinajstić information content (AvgIpc) is 3.25. The number of benzene rings is 3. The summed E-state index contributed by atoms with van der Waals surface area (Å²) in [5.74, 6) is -0.823. The van der Waals surface area contributed by atoms with Crippen LogP contribution in [-0.4, -0.2) is 11.4 Å². The quantitative estimate of drug-likeness (QED) is 0.0348. The zero-order valence-corrected chi connectivity index (χ0v) is 40.1. The van der Waals surface area contributed by atoms with Crippen LogP contribution >= 0.6 is 0 Å². The Kier molecular flexibility index (Phi) is 34.7. The molecular formula is C55H86N2NiO2. The van der Waals surface area contributed by atoms with E-state index in [2.05, 4.69) is 76.2 Å². The number of hydrogen-bond acceptors (Lipinski definition) is 4. The van der Waals surface area contributed by atoms with Gasteiger partial charge in [0.25, 0.3) is 0 Å². The van der Waals surface area contributed by atoms with Crippen LogP contribution in [0.25, 0.3) is 0 Å². The predicted molar refractivity (Wildman–Crippen MR) is 257 cm³/mol. The second-order valence-electron chi connectivity index (χ2n) is 17.0. The van der Waals surface area contributed by atoms with E-state index in [4.69, 9.17) is 9.98 Å². The van der Waals surface area contributed by atoms with Crippen molar-refractivity contribution in [2.45, 2.75) is 227 Å². The van der Waals surface area contributed by atoms with Gasteiger partial charge in [-0.1, -0.05) is 212 Å². The summed E-state index contributed by atoms with van der Waals surface area (Å²) in [6, 6.07) is 22.6. The van der Waals surface area contributed by atoms with E-state index >= 15 is 0 Å². The zero-order chi connectivity index (χ0) is 42.6. The SMILES string of the molecule is CCCCCCCCCCCc1cccc(N=C(CCCCC)C(CCCCCC)=Nc2cccc(CCCCCCCCCCC)c2)c1.CCc1ccc([O-])c([O-])c1.[Ni+2].